The highest BCUT2D eigenvalue weighted by Gasteiger charge is 2.11. The molecular formula is C15H13ClFNO3. The number of aliphatic hydroxyl groups excluding tert-OH is 1. The van der Waals surface area contributed by atoms with Gasteiger partial charge in [0.05, 0.1) is 6.61 Å². The van der Waals surface area contributed by atoms with E-state index in [2.05, 4.69) is 5.32 Å². The van der Waals surface area contributed by atoms with E-state index in [-0.39, 0.29) is 24.5 Å². The number of nitrogens with one attached hydrogen (secondary N) is 1. The minimum atomic E-state index is -0.628. The van der Waals surface area contributed by atoms with E-state index < -0.39 is 11.7 Å². The van der Waals surface area contributed by atoms with Gasteiger partial charge in [0.2, 0.25) is 0 Å². The third-order valence-electron chi connectivity index (χ3n) is 2.67. The third kappa shape index (κ3) is 4.18. The molecule has 0 saturated carbocycles. The van der Waals surface area contributed by atoms with Crippen molar-refractivity contribution in [3.8, 4) is 5.75 Å². The van der Waals surface area contributed by atoms with E-state index in [1.807, 2.05) is 0 Å². The van der Waals surface area contributed by atoms with Crippen LogP contribution in [0.25, 0.3) is 0 Å². The Balaban J connectivity index is 1.99. The van der Waals surface area contributed by atoms with Gasteiger partial charge in [-0.2, -0.15) is 0 Å². The van der Waals surface area contributed by atoms with Gasteiger partial charge in [0.25, 0.3) is 5.91 Å². The Morgan fingerprint density at radius 1 is 1.29 bits per heavy atom. The molecule has 0 unspecified atom stereocenters. The van der Waals surface area contributed by atoms with E-state index in [0.717, 1.165) is 0 Å². The lowest BCUT2D eigenvalue weighted by molar-refractivity contribution is -0.118. The molecule has 6 heteroatoms. The van der Waals surface area contributed by atoms with Crippen molar-refractivity contribution >= 4 is 23.2 Å². The van der Waals surface area contributed by atoms with Crippen LogP contribution in [-0.2, 0) is 11.4 Å². The fourth-order valence-electron chi connectivity index (χ4n) is 1.74. The van der Waals surface area contributed by atoms with Gasteiger partial charge in [0, 0.05) is 16.3 Å². The topological polar surface area (TPSA) is 58.6 Å². The number of carbonyl (C=O) groups excluding carboxylic acids is 1. The third-order valence-corrected chi connectivity index (χ3v) is 2.91. The van der Waals surface area contributed by atoms with Crippen LogP contribution in [0, 0.1) is 5.82 Å². The van der Waals surface area contributed by atoms with Crippen molar-refractivity contribution < 1.29 is 19.0 Å². The van der Waals surface area contributed by atoms with Crippen LogP contribution in [0.1, 0.15) is 5.56 Å². The van der Waals surface area contributed by atoms with Crippen molar-refractivity contribution in [1.82, 2.24) is 0 Å². The predicted molar refractivity (Wildman–Crippen MR) is 77.9 cm³/mol. The summed E-state index contributed by atoms with van der Waals surface area (Å²) in [7, 11) is 0. The van der Waals surface area contributed by atoms with Gasteiger partial charge >= 0.3 is 0 Å². The van der Waals surface area contributed by atoms with E-state index in [1.54, 1.807) is 24.3 Å². The molecule has 0 bridgehead atoms. The molecule has 0 aliphatic carbocycles. The van der Waals surface area contributed by atoms with E-state index in [0.29, 0.717) is 10.7 Å². The maximum Gasteiger partial charge on any atom is 0.262 e. The fraction of sp³-hybridized carbons (Fsp3) is 0.133. The largest absolute Gasteiger partial charge is 0.480 e. The average molecular weight is 310 g/mol. The normalized spacial score (nSPS) is 10.2. The second-order valence-electron chi connectivity index (χ2n) is 4.23. The van der Waals surface area contributed by atoms with E-state index in [1.165, 1.54) is 18.2 Å². The highest BCUT2D eigenvalue weighted by Crippen LogP contribution is 2.22. The van der Waals surface area contributed by atoms with Crippen molar-refractivity contribution in [2.45, 2.75) is 6.61 Å². The summed E-state index contributed by atoms with van der Waals surface area (Å²) in [6.45, 7) is -0.747. The zero-order chi connectivity index (χ0) is 15.2. The number of aliphatic hydroxyl groups is 1. The van der Waals surface area contributed by atoms with Gasteiger partial charge < -0.3 is 15.2 Å². The molecule has 0 aromatic heterocycles. The minimum absolute atomic E-state index is 0.124. The van der Waals surface area contributed by atoms with E-state index in [4.69, 9.17) is 21.4 Å². The summed E-state index contributed by atoms with van der Waals surface area (Å²) in [6, 6.07) is 10.8. The molecule has 2 N–H and O–H groups in total. The van der Waals surface area contributed by atoms with Crippen LogP contribution in [0.15, 0.2) is 42.5 Å². The summed E-state index contributed by atoms with van der Waals surface area (Å²) >= 11 is 5.80. The quantitative estimate of drug-likeness (QED) is 0.892. The maximum atomic E-state index is 13.6. The SMILES string of the molecule is O=C(COc1c(F)cccc1CO)Nc1cccc(Cl)c1. The van der Waals surface area contributed by atoms with Gasteiger partial charge in [0.15, 0.2) is 18.2 Å². The highest BCUT2D eigenvalue weighted by molar-refractivity contribution is 6.30. The Hall–Kier alpha value is -2.11. The maximum absolute atomic E-state index is 13.6. The summed E-state index contributed by atoms with van der Waals surface area (Å²) in [6.07, 6.45) is 0. The standard InChI is InChI=1S/C15H13ClFNO3/c16-11-4-2-5-12(7-11)18-14(20)9-21-15-10(8-19)3-1-6-13(15)17/h1-7,19H,8-9H2,(H,18,20). The molecule has 4 nitrogen and oxygen atoms in total. The summed E-state index contributed by atoms with van der Waals surface area (Å²) in [5.41, 5.74) is 0.803. The Kier molecular flexibility index (Phi) is 5.14. The number of anilines is 1. The van der Waals surface area contributed by atoms with Crippen molar-refractivity contribution in [2.24, 2.45) is 0 Å². The molecule has 110 valence electrons. The first-order valence-corrected chi connectivity index (χ1v) is 6.54. The number of benzene rings is 2. The van der Waals surface area contributed by atoms with Gasteiger partial charge in [-0.05, 0) is 24.3 Å². The van der Waals surface area contributed by atoms with Crippen molar-refractivity contribution in [1.29, 1.82) is 0 Å². The number of carbonyl (C=O) groups is 1. The molecule has 0 saturated heterocycles. The molecule has 2 rings (SSSR count). The molecule has 0 heterocycles. The molecule has 21 heavy (non-hydrogen) atoms. The molecule has 2 aromatic rings. The number of rotatable bonds is 5. The Labute approximate surface area is 126 Å². The molecule has 0 radical (unpaired) electrons. The van der Waals surface area contributed by atoms with Gasteiger partial charge in [0.1, 0.15) is 0 Å². The molecule has 2 aromatic carbocycles. The van der Waals surface area contributed by atoms with Crippen LogP contribution in [-0.4, -0.2) is 17.6 Å². The van der Waals surface area contributed by atoms with Crippen LogP contribution < -0.4 is 10.1 Å². The van der Waals surface area contributed by atoms with Crippen LogP contribution in [0.5, 0.6) is 5.75 Å². The van der Waals surface area contributed by atoms with Crippen LogP contribution in [0.3, 0.4) is 0 Å². The first-order valence-electron chi connectivity index (χ1n) is 6.16. The number of hydrogen-bond acceptors (Lipinski definition) is 3. The molecule has 1 amide bonds. The lowest BCUT2D eigenvalue weighted by Crippen LogP contribution is -2.20. The van der Waals surface area contributed by atoms with Crippen molar-refractivity contribution in [2.75, 3.05) is 11.9 Å². The fourth-order valence-corrected chi connectivity index (χ4v) is 1.93. The van der Waals surface area contributed by atoms with Gasteiger partial charge in [-0.25, -0.2) is 4.39 Å². The van der Waals surface area contributed by atoms with Crippen LogP contribution >= 0.6 is 11.6 Å². The molecule has 0 fully saturated rings. The predicted octanol–water partition coefficient (Wildman–Crippen LogP) is 2.99. The Morgan fingerprint density at radius 2 is 2.05 bits per heavy atom. The second-order valence-corrected chi connectivity index (χ2v) is 4.67. The zero-order valence-electron chi connectivity index (χ0n) is 11.0. The number of hydrogen-bond donors (Lipinski definition) is 2. The molecule has 0 spiro atoms. The van der Waals surface area contributed by atoms with E-state index in [9.17, 15) is 9.18 Å². The smallest absolute Gasteiger partial charge is 0.262 e. The highest BCUT2D eigenvalue weighted by atomic mass is 35.5. The minimum Gasteiger partial charge on any atom is -0.480 e. The van der Waals surface area contributed by atoms with Crippen molar-refractivity contribution in [3.05, 3.63) is 58.9 Å². The van der Waals surface area contributed by atoms with E-state index >= 15 is 0 Å². The number of amides is 1. The second kappa shape index (κ2) is 7.06. The Bertz CT molecular complexity index is 649. The summed E-state index contributed by atoms with van der Waals surface area (Å²) in [5.74, 6) is -1.21. The first kappa shape index (κ1) is 15.3. The monoisotopic (exact) mass is 309 g/mol. The summed E-state index contributed by atoms with van der Waals surface area (Å²) < 4.78 is 18.7. The molecule has 0 atom stereocenters. The number of halogens is 2. The average Bonchev–Trinajstić information content (AvgIpc) is 2.45. The summed E-state index contributed by atoms with van der Waals surface area (Å²) in [5, 5.41) is 12.2. The first-order chi connectivity index (χ1) is 10.1. The van der Waals surface area contributed by atoms with Gasteiger partial charge in [-0.1, -0.05) is 29.8 Å². The Morgan fingerprint density at radius 3 is 2.76 bits per heavy atom. The van der Waals surface area contributed by atoms with Crippen LogP contribution in [0.2, 0.25) is 5.02 Å². The number of ether oxygens (including phenoxy) is 1. The molecule has 0 aliphatic heterocycles. The van der Waals surface area contributed by atoms with Crippen molar-refractivity contribution in [3.63, 3.8) is 0 Å². The van der Waals surface area contributed by atoms with Crippen LogP contribution in [0.4, 0.5) is 10.1 Å². The lowest BCUT2D eigenvalue weighted by atomic mass is 10.2. The molecule has 0 aliphatic rings. The number of para-hydroxylation sites is 1. The summed E-state index contributed by atoms with van der Waals surface area (Å²) in [4.78, 5) is 11.7. The molecular weight excluding hydrogens is 297 g/mol. The zero-order valence-corrected chi connectivity index (χ0v) is 11.7. The van der Waals surface area contributed by atoms with Gasteiger partial charge in [-0.15, -0.1) is 0 Å². The lowest BCUT2D eigenvalue weighted by Gasteiger charge is -2.11. The van der Waals surface area contributed by atoms with Gasteiger partial charge in [-0.3, -0.25) is 4.79 Å².